The number of rotatable bonds is 6. The number of halogens is 1. The Morgan fingerprint density at radius 2 is 1.89 bits per heavy atom. The van der Waals surface area contributed by atoms with Crippen molar-refractivity contribution in [2.24, 2.45) is 0 Å². The van der Waals surface area contributed by atoms with E-state index in [0.29, 0.717) is 22.6 Å². The zero-order valence-corrected chi connectivity index (χ0v) is 21.3. The van der Waals surface area contributed by atoms with Gasteiger partial charge in [-0.25, -0.2) is 14.4 Å². The highest BCUT2D eigenvalue weighted by atomic mass is 19.1. The van der Waals surface area contributed by atoms with Crippen LogP contribution in [-0.4, -0.2) is 60.1 Å². The van der Waals surface area contributed by atoms with Gasteiger partial charge in [0.1, 0.15) is 11.4 Å². The van der Waals surface area contributed by atoms with E-state index in [1.807, 2.05) is 38.1 Å². The third-order valence-electron chi connectivity index (χ3n) is 7.34. The highest BCUT2D eigenvalue weighted by molar-refractivity contribution is 6.01. The van der Waals surface area contributed by atoms with Crippen LogP contribution in [0, 0.1) is 5.82 Å². The number of nitrogens with one attached hydrogen (secondary N) is 2. The summed E-state index contributed by atoms with van der Waals surface area (Å²) in [5, 5.41) is 6.32. The number of nitrogens with zero attached hydrogens (tertiary/aromatic N) is 4. The summed E-state index contributed by atoms with van der Waals surface area (Å²) >= 11 is 0. The lowest BCUT2D eigenvalue weighted by atomic mass is 9.99. The van der Waals surface area contributed by atoms with Gasteiger partial charge in [-0.15, -0.1) is 0 Å². The van der Waals surface area contributed by atoms with E-state index in [2.05, 4.69) is 43.5 Å². The molecule has 0 unspecified atom stereocenters. The largest absolute Gasteiger partial charge is 0.489 e. The number of piperazine rings is 1. The van der Waals surface area contributed by atoms with Crippen LogP contribution in [0.2, 0.25) is 0 Å². The summed E-state index contributed by atoms with van der Waals surface area (Å²) in [5.74, 6) is 0.267. The van der Waals surface area contributed by atoms with Gasteiger partial charge in [0.05, 0.1) is 23.5 Å². The van der Waals surface area contributed by atoms with Gasteiger partial charge in [-0.05, 0) is 63.6 Å². The van der Waals surface area contributed by atoms with Gasteiger partial charge < -0.3 is 25.2 Å². The fraction of sp³-hybridized carbons (Fsp3) is 0.393. The summed E-state index contributed by atoms with van der Waals surface area (Å²) in [6, 6.07) is 11.5. The molecule has 8 nitrogen and oxygen atoms in total. The maximum absolute atomic E-state index is 14.9. The normalized spacial score (nSPS) is 18.2. The third kappa shape index (κ3) is 4.48. The van der Waals surface area contributed by atoms with Crippen LogP contribution in [-0.2, 0) is 5.54 Å². The van der Waals surface area contributed by atoms with Crippen molar-refractivity contribution >= 4 is 23.2 Å². The van der Waals surface area contributed by atoms with Gasteiger partial charge in [0, 0.05) is 43.0 Å². The first kappa shape index (κ1) is 23.7. The fourth-order valence-electron chi connectivity index (χ4n) is 5.15. The summed E-state index contributed by atoms with van der Waals surface area (Å²) < 4.78 is 20.9. The Balaban J connectivity index is 1.32. The monoisotopic (exact) mass is 502 g/mol. The second-order valence-electron chi connectivity index (χ2n) is 10.4. The molecule has 37 heavy (non-hydrogen) atoms. The van der Waals surface area contributed by atoms with Crippen molar-refractivity contribution < 1.29 is 13.9 Å². The van der Waals surface area contributed by atoms with Crippen molar-refractivity contribution in [1.82, 2.24) is 20.2 Å². The summed E-state index contributed by atoms with van der Waals surface area (Å²) in [4.78, 5) is 25.9. The van der Waals surface area contributed by atoms with Gasteiger partial charge in [0.25, 0.3) is 5.91 Å². The summed E-state index contributed by atoms with van der Waals surface area (Å²) in [7, 11) is 2.13. The minimum Gasteiger partial charge on any atom is -0.489 e. The quantitative estimate of drug-likeness (QED) is 0.520. The second-order valence-corrected chi connectivity index (χ2v) is 10.4. The lowest BCUT2D eigenvalue weighted by molar-refractivity contribution is 0.0952. The average Bonchev–Trinajstić information content (AvgIpc) is 3.60. The van der Waals surface area contributed by atoms with Crippen molar-refractivity contribution in [3.8, 4) is 17.0 Å². The number of ether oxygens (including phenoxy) is 1. The fourth-order valence-corrected chi connectivity index (χ4v) is 5.15. The number of hydrogen-bond donors (Lipinski definition) is 2. The first-order chi connectivity index (χ1) is 17.8. The van der Waals surface area contributed by atoms with E-state index in [-0.39, 0.29) is 29.2 Å². The van der Waals surface area contributed by atoms with E-state index < -0.39 is 5.82 Å². The van der Waals surface area contributed by atoms with Crippen LogP contribution in [0.4, 0.5) is 21.7 Å². The Labute approximate surface area is 215 Å². The van der Waals surface area contributed by atoms with Crippen LogP contribution in [0.15, 0.2) is 42.6 Å². The van der Waals surface area contributed by atoms with Crippen LogP contribution in [0.1, 0.15) is 42.6 Å². The van der Waals surface area contributed by atoms with E-state index in [4.69, 9.17) is 4.74 Å². The second kappa shape index (κ2) is 8.99. The minimum atomic E-state index is -0.546. The van der Waals surface area contributed by atoms with Gasteiger partial charge in [-0.1, -0.05) is 12.1 Å². The number of aromatic nitrogens is 2. The molecule has 2 aromatic carbocycles. The van der Waals surface area contributed by atoms with Crippen LogP contribution >= 0.6 is 0 Å². The Morgan fingerprint density at radius 1 is 1.11 bits per heavy atom. The third-order valence-corrected chi connectivity index (χ3v) is 7.34. The van der Waals surface area contributed by atoms with E-state index >= 15 is 0 Å². The van der Waals surface area contributed by atoms with Crippen molar-refractivity contribution in [3.05, 3.63) is 59.5 Å². The number of anilines is 3. The molecule has 6 rings (SSSR count). The predicted molar refractivity (Wildman–Crippen MR) is 141 cm³/mol. The molecule has 2 N–H and O–H groups in total. The molecule has 1 amide bonds. The molecule has 2 aliphatic heterocycles. The molecule has 1 aliphatic carbocycles. The van der Waals surface area contributed by atoms with E-state index in [0.717, 1.165) is 56.5 Å². The Morgan fingerprint density at radius 3 is 2.62 bits per heavy atom. The van der Waals surface area contributed by atoms with E-state index in [1.165, 1.54) is 0 Å². The number of amides is 1. The lowest BCUT2D eigenvalue weighted by Crippen LogP contribution is -2.44. The molecule has 2 fully saturated rings. The highest BCUT2D eigenvalue weighted by Crippen LogP contribution is 2.50. The Bertz CT molecular complexity index is 1360. The standard InChI is InChI=1S/C28H31FN6O2/c1-17(2)37-24-7-5-19(35-12-10-34(3)11-13-35)15-23(24)31-27-30-16-22(29)25(32-27)18-4-6-21-20(14-18)26(36)33-28(21)8-9-28/h4-7,14-17H,8-13H2,1-3H3,(H,33,36)(H,30,31,32). The number of hydrogen-bond acceptors (Lipinski definition) is 7. The van der Waals surface area contributed by atoms with Crippen molar-refractivity contribution in [2.45, 2.75) is 38.3 Å². The van der Waals surface area contributed by atoms with Crippen molar-refractivity contribution in [2.75, 3.05) is 43.4 Å². The lowest BCUT2D eigenvalue weighted by Gasteiger charge is -2.34. The molecule has 0 radical (unpaired) electrons. The van der Waals surface area contributed by atoms with Crippen LogP contribution in [0.5, 0.6) is 5.75 Å². The molecule has 3 heterocycles. The molecule has 1 aromatic heterocycles. The molecule has 192 valence electrons. The molecular weight excluding hydrogens is 471 g/mol. The Hall–Kier alpha value is -3.72. The first-order valence-electron chi connectivity index (χ1n) is 12.8. The SMILES string of the molecule is CC(C)Oc1ccc(N2CCN(C)CC2)cc1Nc1ncc(F)c(-c2ccc3c(c2)C(=O)NC32CC2)n1. The van der Waals surface area contributed by atoms with Crippen LogP contribution < -0.4 is 20.3 Å². The number of likely N-dealkylation sites (N-methyl/N-ethyl adjacent to an activating group) is 1. The number of carbonyl (C=O) groups excluding carboxylic acids is 1. The van der Waals surface area contributed by atoms with Crippen LogP contribution in [0.3, 0.4) is 0 Å². The van der Waals surface area contributed by atoms with Crippen molar-refractivity contribution in [3.63, 3.8) is 0 Å². The molecule has 0 bridgehead atoms. The van der Waals surface area contributed by atoms with Gasteiger partial charge in [-0.2, -0.15) is 0 Å². The molecular formula is C28H31FN6O2. The summed E-state index contributed by atoms with van der Waals surface area (Å²) in [5.41, 5.74) is 3.84. The maximum Gasteiger partial charge on any atom is 0.252 e. The number of carbonyl (C=O) groups is 1. The zero-order chi connectivity index (χ0) is 25.7. The van der Waals surface area contributed by atoms with Gasteiger partial charge in [0.2, 0.25) is 5.95 Å². The van der Waals surface area contributed by atoms with Crippen LogP contribution in [0.25, 0.3) is 11.3 Å². The molecule has 9 heteroatoms. The highest BCUT2D eigenvalue weighted by Gasteiger charge is 2.52. The molecule has 1 spiro atoms. The smallest absolute Gasteiger partial charge is 0.252 e. The Kier molecular flexibility index (Phi) is 5.75. The average molecular weight is 503 g/mol. The van der Waals surface area contributed by atoms with E-state index in [1.54, 1.807) is 6.07 Å². The number of benzene rings is 2. The minimum absolute atomic E-state index is 0.0212. The predicted octanol–water partition coefficient (Wildman–Crippen LogP) is 4.30. The molecule has 1 saturated heterocycles. The summed E-state index contributed by atoms with van der Waals surface area (Å²) in [6.07, 6.45) is 3.02. The summed E-state index contributed by atoms with van der Waals surface area (Å²) in [6.45, 7) is 7.81. The van der Waals surface area contributed by atoms with E-state index in [9.17, 15) is 9.18 Å². The van der Waals surface area contributed by atoms with Gasteiger partial charge in [-0.3, -0.25) is 4.79 Å². The van der Waals surface area contributed by atoms with Gasteiger partial charge >= 0.3 is 0 Å². The topological polar surface area (TPSA) is 82.6 Å². The first-order valence-corrected chi connectivity index (χ1v) is 12.8. The molecule has 0 atom stereocenters. The number of fused-ring (bicyclic) bond motifs is 2. The van der Waals surface area contributed by atoms with Crippen molar-refractivity contribution in [1.29, 1.82) is 0 Å². The molecule has 1 saturated carbocycles. The molecule has 3 aromatic rings. The maximum atomic E-state index is 14.9. The van der Waals surface area contributed by atoms with Gasteiger partial charge in [0.15, 0.2) is 5.82 Å². The zero-order valence-electron chi connectivity index (χ0n) is 21.3. The molecule has 3 aliphatic rings.